The Kier molecular flexibility index (Phi) is 8.04. The molecule has 0 amide bonds. The molecule has 1 nitrogen and oxygen atoms in total. The van der Waals surface area contributed by atoms with E-state index in [2.05, 4.69) is 38.8 Å². The van der Waals surface area contributed by atoms with Gasteiger partial charge in [-0.15, -0.1) is 0 Å². The first-order chi connectivity index (χ1) is 6.75. The van der Waals surface area contributed by atoms with Crippen molar-refractivity contribution in [1.82, 2.24) is 4.90 Å². The summed E-state index contributed by atoms with van der Waals surface area (Å²) in [5.41, 5.74) is 2.18. The van der Waals surface area contributed by atoms with E-state index in [1.54, 1.807) is 0 Å². The standard InChI is InChI=1S/C12H21N.C2H6/c1-10(2)8-9-11(3)13(7)12(4,5)6;1-2/h8-9H,1,3H2,2,4-7H3;1-2H3/b9-8-;. The van der Waals surface area contributed by atoms with E-state index in [4.69, 9.17) is 0 Å². The van der Waals surface area contributed by atoms with E-state index in [-0.39, 0.29) is 5.54 Å². The number of allylic oxidation sites excluding steroid dienone is 3. The van der Waals surface area contributed by atoms with Crippen molar-refractivity contribution in [3.05, 3.63) is 36.6 Å². The highest BCUT2D eigenvalue weighted by Gasteiger charge is 2.16. The fraction of sp³-hybridized carbons (Fsp3) is 0.571. The summed E-state index contributed by atoms with van der Waals surface area (Å²) in [6, 6.07) is 0. The molecule has 0 saturated carbocycles. The zero-order valence-electron chi connectivity index (χ0n) is 11.5. The van der Waals surface area contributed by atoms with Crippen LogP contribution in [0.2, 0.25) is 0 Å². The SMILES string of the molecule is C=C(C)/C=C\C(=C)N(C)C(C)(C)C.CC. The monoisotopic (exact) mass is 209 g/mol. The largest absolute Gasteiger partial charge is 0.370 e. The molecule has 0 aliphatic heterocycles. The van der Waals surface area contributed by atoms with Crippen molar-refractivity contribution in [2.45, 2.75) is 47.1 Å². The Morgan fingerprint density at radius 2 is 1.47 bits per heavy atom. The van der Waals surface area contributed by atoms with Crippen molar-refractivity contribution in [1.29, 1.82) is 0 Å². The summed E-state index contributed by atoms with van der Waals surface area (Å²) in [5, 5.41) is 0. The van der Waals surface area contributed by atoms with E-state index in [9.17, 15) is 0 Å². The quantitative estimate of drug-likeness (QED) is 0.623. The van der Waals surface area contributed by atoms with E-state index in [1.807, 2.05) is 40.0 Å². The number of likely N-dealkylation sites (N-methyl/N-ethyl adjacent to an activating group) is 1. The third-order valence-electron chi connectivity index (χ3n) is 2.00. The van der Waals surface area contributed by atoms with Crippen LogP contribution in [-0.2, 0) is 0 Å². The molecule has 0 aromatic heterocycles. The molecule has 0 saturated heterocycles. The summed E-state index contributed by atoms with van der Waals surface area (Å²) in [4.78, 5) is 2.15. The Hall–Kier alpha value is -0.980. The van der Waals surface area contributed by atoms with Crippen molar-refractivity contribution >= 4 is 0 Å². The zero-order chi connectivity index (χ0) is 12.6. The Morgan fingerprint density at radius 1 is 1.07 bits per heavy atom. The van der Waals surface area contributed by atoms with Crippen molar-refractivity contribution in [2.75, 3.05) is 7.05 Å². The maximum Gasteiger partial charge on any atom is 0.0314 e. The molecule has 0 radical (unpaired) electrons. The molecule has 0 spiro atoms. The van der Waals surface area contributed by atoms with Gasteiger partial charge in [0.05, 0.1) is 0 Å². The molecule has 0 bridgehead atoms. The smallest absolute Gasteiger partial charge is 0.0314 e. The predicted molar refractivity (Wildman–Crippen MR) is 72.0 cm³/mol. The number of hydrogen-bond donors (Lipinski definition) is 0. The van der Waals surface area contributed by atoms with E-state index in [1.165, 1.54) is 0 Å². The van der Waals surface area contributed by atoms with Crippen molar-refractivity contribution in [3.63, 3.8) is 0 Å². The minimum atomic E-state index is 0.122. The molecule has 15 heavy (non-hydrogen) atoms. The number of nitrogens with zero attached hydrogens (tertiary/aromatic N) is 1. The maximum atomic E-state index is 3.99. The minimum Gasteiger partial charge on any atom is -0.370 e. The molecule has 0 rings (SSSR count). The normalized spacial score (nSPS) is 10.6. The molecule has 0 aromatic carbocycles. The van der Waals surface area contributed by atoms with E-state index < -0.39 is 0 Å². The topological polar surface area (TPSA) is 3.24 Å². The summed E-state index contributed by atoms with van der Waals surface area (Å²) in [5.74, 6) is 0. The number of rotatable bonds is 3. The molecule has 0 atom stereocenters. The van der Waals surface area contributed by atoms with Gasteiger partial charge < -0.3 is 4.90 Å². The minimum absolute atomic E-state index is 0.122. The molecular formula is C14H27N. The van der Waals surface area contributed by atoms with Crippen LogP contribution in [0.15, 0.2) is 36.6 Å². The van der Waals surface area contributed by atoms with Gasteiger partial charge in [-0.05, 0) is 33.8 Å². The van der Waals surface area contributed by atoms with Crippen molar-refractivity contribution in [2.24, 2.45) is 0 Å². The van der Waals surface area contributed by atoms with Crippen LogP contribution in [0, 0.1) is 0 Å². The molecule has 0 fully saturated rings. The first kappa shape index (κ1) is 16.4. The van der Waals surface area contributed by atoms with Crippen molar-refractivity contribution in [3.8, 4) is 0 Å². The van der Waals surface area contributed by atoms with Gasteiger partial charge in [0.15, 0.2) is 0 Å². The second kappa shape index (κ2) is 7.33. The van der Waals surface area contributed by atoms with E-state index in [0.717, 1.165) is 11.3 Å². The third-order valence-corrected chi connectivity index (χ3v) is 2.00. The fourth-order valence-corrected chi connectivity index (χ4v) is 0.781. The Labute approximate surface area is 96.2 Å². The summed E-state index contributed by atoms with van der Waals surface area (Å²) >= 11 is 0. The van der Waals surface area contributed by atoms with Crippen molar-refractivity contribution < 1.29 is 0 Å². The molecular weight excluding hydrogens is 182 g/mol. The average molecular weight is 209 g/mol. The van der Waals surface area contributed by atoms with Crippen LogP contribution >= 0.6 is 0 Å². The molecule has 0 N–H and O–H groups in total. The van der Waals surface area contributed by atoms with Gasteiger partial charge in [0, 0.05) is 18.3 Å². The van der Waals surface area contributed by atoms with E-state index >= 15 is 0 Å². The van der Waals surface area contributed by atoms with Gasteiger partial charge in [-0.2, -0.15) is 0 Å². The maximum absolute atomic E-state index is 3.99. The highest BCUT2D eigenvalue weighted by Crippen LogP contribution is 2.16. The van der Waals surface area contributed by atoms with Gasteiger partial charge in [0.25, 0.3) is 0 Å². The average Bonchev–Trinajstić information content (AvgIpc) is 2.14. The summed E-state index contributed by atoms with van der Waals surface area (Å²) in [7, 11) is 2.05. The second-order valence-corrected chi connectivity index (χ2v) is 4.40. The highest BCUT2D eigenvalue weighted by molar-refractivity contribution is 5.22. The third kappa shape index (κ3) is 8.04. The first-order valence-corrected chi connectivity index (χ1v) is 5.51. The Morgan fingerprint density at radius 3 is 1.73 bits per heavy atom. The lowest BCUT2D eigenvalue weighted by Crippen LogP contribution is -2.36. The molecule has 1 heteroatoms. The van der Waals surface area contributed by atoms with Crippen LogP contribution in [0.25, 0.3) is 0 Å². The van der Waals surface area contributed by atoms with Crippen LogP contribution in [0.1, 0.15) is 41.5 Å². The highest BCUT2D eigenvalue weighted by atomic mass is 15.2. The molecule has 0 aliphatic carbocycles. The van der Waals surface area contributed by atoms with Gasteiger partial charge in [-0.25, -0.2) is 0 Å². The second-order valence-electron chi connectivity index (χ2n) is 4.40. The van der Waals surface area contributed by atoms with Crippen LogP contribution in [0.4, 0.5) is 0 Å². The number of hydrogen-bond acceptors (Lipinski definition) is 1. The van der Waals surface area contributed by atoms with Gasteiger partial charge in [-0.3, -0.25) is 0 Å². The lowest BCUT2D eigenvalue weighted by Gasteiger charge is -2.34. The summed E-state index contributed by atoms with van der Waals surface area (Å²) in [6.07, 6.45) is 3.97. The van der Waals surface area contributed by atoms with Crippen LogP contribution < -0.4 is 0 Å². The lowest BCUT2D eigenvalue weighted by molar-refractivity contribution is 0.235. The summed E-state index contributed by atoms with van der Waals surface area (Å²) in [6.45, 7) is 20.2. The Bertz CT molecular complexity index is 228. The van der Waals surface area contributed by atoms with Gasteiger partial charge in [0.1, 0.15) is 0 Å². The fourth-order valence-electron chi connectivity index (χ4n) is 0.781. The van der Waals surface area contributed by atoms with Gasteiger partial charge in [-0.1, -0.05) is 38.7 Å². The molecule has 0 aliphatic rings. The molecule has 0 heterocycles. The van der Waals surface area contributed by atoms with Gasteiger partial charge >= 0.3 is 0 Å². The molecule has 0 unspecified atom stereocenters. The zero-order valence-corrected chi connectivity index (χ0v) is 11.5. The van der Waals surface area contributed by atoms with Crippen LogP contribution in [0.3, 0.4) is 0 Å². The van der Waals surface area contributed by atoms with E-state index in [0.29, 0.717) is 0 Å². The Balaban J connectivity index is 0. The van der Waals surface area contributed by atoms with Crippen LogP contribution in [0.5, 0.6) is 0 Å². The summed E-state index contributed by atoms with van der Waals surface area (Å²) < 4.78 is 0. The van der Waals surface area contributed by atoms with Crippen LogP contribution in [-0.4, -0.2) is 17.5 Å². The molecule has 0 aromatic rings. The molecule has 88 valence electrons. The van der Waals surface area contributed by atoms with Gasteiger partial charge in [0.2, 0.25) is 0 Å². The predicted octanol–water partition coefficient (Wildman–Crippen LogP) is 4.39. The lowest BCUT2D eigenvalue weighted by atomic mass is 10.1. The first-order valence-electron chi connectivity index (χ1n) is 5.51.